The number of imidazole rings is 2. The van der Waals surface area contributed by atoms with E-state index in [0.29, 0.717) is 5.92 Å². The van der Waals surface area contributed by atoms with Crippen LogP contribution < -0.4 is 0 Å². The summed E-state index contributed by atoms with van der Waals surface area (Å²) >= 11 is 0. The van der Waals surface area contributed by atoms with E-state index in [-0.39, 0.29) is 0 Å². The molecular weight excluding hydrogens is 310 g/mol. The van der Waals surface area contributed by atoms with Crippen LogP contribution in [0, 0.1) is 0 Å². The molecule has 1 aromatic carbocycles. The quantitative estimate of drug-likeness (QED) is 0.719. The van der Waals surface area contributed by atoms with Crippen molar-refractivity contribution in [3.05, 3.63) is 60.7 Å². The van der Waals surface area contributed by atoms with Crippen LogP contribution in [0.25, 0.3) is 11.6 Å². The minimum atomic E-state index is 0.659. The molecule has 0 radical (unpaired) electrons. The van der Waals surface area contributed by atoms with Crippen molar-refractivity contribution < 1.29 is 0 Å². The van der Waals surface area contributed by atoms with E-state index in [2.05, 4.69) is 56.0 Å². The van der Waals surface area contributed by atoms with E-state index in [1.807, 2.05) is 30.2 Å². The van der Waals surface area contributed by atoms with E-state index in [0.717, 1.165) is 31.3 Å². The van der Waals surface area contributed by atoms with Gasteiger partial charge < -0.3 is 14.0 Å². The van der Waals surface area contributed by atoms with Crippen LogP contribution in [0.5, 0.6) is 0 Å². The molecule has 130 valence electrons. The fourth-order valence-corrected chi connectivity index (χ4v) is 3.78. The van der Waals surface area contributed by atoms with E-state index in [1.54, 1.807) is 0 Å². The molecule has 1 aliphatic heterocycles. The fourth-order valence-electron chi connectivity index (χ4n) is 3.78. The third-order valence-corrected chi connectivity index (χ3v) is 5.17. The van der Waals surface area contributed by atoms with Gasteiger partial charge in [0.2, 0.25) is 0 Å². The van der Waals surface area contributed by atoms with Crippen LogP contribution in [-0.2, 0) is 13.6 Å². The molecule has 3 heterocycles. The molecule has 5 nitrogen and oxygen atoms in total. The second-order valence-corrected chi connectivity index (χ2v) is 6.86. The number of aryl methyl sites for hydroxylation is 1. The lowest BCUT2D eigenvalue weighted by Gasteiger charge is -2.33. The van der Waals surface area contributed by atoms with Crippen molar-refractivity contribution in [1.29, 1.82) is 0 Å². The fraction of sp³-hybridized carbons (Fsp3) is 0.400. The maximum Gasteiger partial charge on any atom is 0.176 e. The number of benzene rings is 1. The van der Waals surface area contributed by atoms with Crippen LogP contribution in [0.1, 0.15) is 24.3 Å². The van der Waals surface area contributed by atoms with Crippen molar-refractivity contribution in [3.63, 3.8) is 0 Å². The summed E-state index contributed by atoms with van der Waals surface area (Å²) in [5.41, 5.74) is 1.48. The zero-order valence-corrected chi connectivity index (χ0v) is 14.8. The second kappa shape index (κ2) is 7.23. The van der Waals surface area contributed by atoms with Crippen LogP contribution in [0.3, 0.4) is 0 Å². The first kappa shape index (κ1) is 16.1. The molecule has 0 bridgehead atoms. The predicted octanol–water partition coefficient (Wildman–Crippen LogP) is 3.16. The molecule has 1 aliphatic rings. The third-order valence-electron chi connectivity index (χ3n) is 5.17. The zero-order valence-electron chi connectivity index (χ0n) is 14.8. The van der Waals surface area contributed by atoms with Crippen LogP contribution in [0.4, 0.5) is 0 Å². The lowest BCUT2D eigenvalue weighted by molar-refractivity contribution is 0.201. The summed E-state index contributed by atoms with van der Waals surface area (Å²) in [5, 5.41) is 0. The van der Waals surface area contributed by atoms with Gasteiger partial charge in [0.1, 0.15) is 0 Å². The minimum Gasteiger partial charge on any atom is -0.331 e. The molecule has 1 atom stereocenters. The summed E-state index contributed by atoms with van der Waals surface area (Å²) in [4.78, 5) is 11.5. The molecule has 0 N–H and O–H groups in total. The molecule has 1 fully saturated rings. The number of nitrogens with zero attached hydrogens (tertiary/aromatic N) is 5. The van der Waals surface area contributed by atoms with E-state index in [1.165, 1.54) is 24.9 Å². The maximum absolute atomic E-state index is 4.51. The normalized spacial score (nSPS) is 18.5. The topological polar surface area (TPSA) is 38.9 Å². The highest BCUT2D eigenvalue weighted by Gasteiger charge is 2.21. The van der Waals surface area contributed by atoms with Gasteiger partial charge in [-0.15, -0.1) is 0 Å². The average molecular weight is 335 g/mol. The third kappa shape index (κ3) is 3.51. The summed E-state index contributed by atoms with van der Waals surface area (Å²) in [5.74, 6) is 2.53. The Labute approximate surface area is 148 Å². The van der Waals surface area contributed by atoms with Crippen molar-refractivity contribution in [2.45, 2.75) is 25.3 Å². The largest absolute Gasteiger partial charge is 0.331 e. The highest BCUT2D eigenvalue weighted by molar-refractivity contribution is 5.44. The molecule has 2 aromatic heterocycles. The molecule has 25 heavy (non-hydrogen) atoms. The van der Waals surface area contributed by atoms with Crippen LogP contribution in [-0.4, -0.2) is 43.6 Å². The highest BCUT2D eigenvalue weighted by Crippen LogP contribution is 2.26. The summed E-state index contributed by atoms with van der Waals surface area (Å²) in [6.45, 7) is 4.34. The predicted molar refractivity (Wildman–Crippen MR) is 99.3 cm³/mol. The Kier molecular flexibility index (Phi) is 4.65. The monoisotopic (exact) mass is 335 g/mol. The first-order valence-corrected chi connectivity index (χ1v) is 9.07. The Bertz CT molecular complexity index is 804. The van der Waals surface area contributed by atoms with Gasteiger partial charge in [-0.2, -0.15) is 0 Å². The molecule has 0 aliphatic carbocycles. The molecule has 3 aromatic rings. The summed E-state index contributed by atoms with van der Waals surface area (Å²) in [6.07, 6.45) is 10.3. The maximum atomic E-state index is 4.51. The van der Waals surface area contributed by atoms with Crippen molar-refractivity contribution in [3.8, 4) is 11.6 Å². The van der Waals surface area contributed by atoms with Crippen molar-refractivity contribution in [2.24, 2.45) is 7.05 Å². The van der Waals surface area contributed by atoms with Gasteiger partial charge in [0.15, 0.2) is 11.6 Å². The molecule has 4 rings (SSSR count). The number of hydrogen-bond acceptors (Lipinski definition) is 3. The van der Waals surface area contributed by atoms with Crippen LogP contribution in [0.2, 0.25) is 0 Å². The van der Waals surface area contributed by atoms with Gasteiger partial charge in [0.25, 0.3) is 0 Å². The molecule has 0 unspecified atom stereocenters. The molecular formula is C20H25N5. The highest BCUT2D eigenvalue weighted by atomic mass is 15.2. The van der Waals surface area contributed by atoms with Gasteiger partial charge in [0, 0.05) is 51.5 Å². The molecule has 0 amide bonds. The number of hydrogen-bond donors (Lipinski definition) is 0. The van der Waals surface area contributed by atoms with Gasteiger partial charge >= 0.3 is 0 Å². The smallest absolute Gasteiger partial charge is 0.176 e. The minimum absolute atomic E-state index is 0.659. The molecule has 0 spiro atoms. The SMILES string of the molecule is Cn1ccnc1-c1nccn1CCN1CCC[C@H](c2ccccc2)C1. The summed E-state index contributed by atoms with van der Waals surface area (Å²) in [6, 6.07) is 10.9. The number of rotatable bonds is 5. The Morgan fingerprint density at radius 2 is 1.80 bits per heavy atom. The van der Waals surface area contributed by atoms with E-state index < -0.39 is 0 Å². The Morgan fingerprint density at radius 1 is 1.00 bits per heavy atom. The first-order valence-electron chi connectivity index (χ1n) is 9.07. The second-order valence-electron chi connectivity index (χ2n) is 6.86. The van der Waals surface area contributed by atoms with Crippen molar-refractivity contribution in [2.75, 3.05) is 19.6 Å². The average Bonchev–Trinajstić information content (AvgIpc) is 3.29. The standard InChI is InChI=1S/C20H25N5/c1-23-12-9-21-19(23)20-22-10-13-25(20)15-14-24-11-5-8-18(16-24)17-6-3-2-4-7-17/h2-4,6-7,9-10,12-13,18H,5,8,11,14-16H2,1H3/t18-/m0/s1. The van der Waals surface area contributed by atoms with Crippen LogP contribution in [0.15, 0.2) is 55.1 Å². The molecule has 0 saturated carbocycles. The van der Waals surface area contributed by atoms with Crippen LogP contribution >= 0.6 is 0 Å². The number of piperidine rings is 1. The lowest BCUT2D eigenvalue weighted by Crippen LogP contribution is -2.36. The summed E-state index contributed by atoms with van der Waals surface area (Å²) in [7, 11) is 2.01. The van der Waals surface area contributed by atoms with Gasteiger partial charge in [0.05, 0.1) is 0 Å². The van der Waals surface area contributed by atoms with E-state index in [4.69, 9.17) is 0 Å². The Hall–Kier alpha value is -2.40. The zero-order chi connectivity index (χ0) is 17.1. The number of likely N-dealkylation sites (tertiary alicyclic amines) is 1. The lowest BCUT2D eigenvalue weighted by atomic mass is 9.91. The first-order chi connectivity index (χ1) is 12.3. The molecule has 5 heteroatoms. The number of aromatic nitrogens is 4. The Morgan fingerprint density at radius 3 is 2.60 bits per heavy atom. The molecule has 1 saturated heterocycles. The van der Waals surface area contributed by atoms with E-state index >= 15 is 0 Å². The Balaban J connectivity index is 1.41. The van der Waals surface area contributed by atoms with Crippen molar-refractivity contribution in [1.82, 2.24) is 24.0 Å². The summed E-state index contributed by atoms with van der Waals surface area (Å²) < 4.78 is 4.24. The van der Waals surface area contributed by atoms with Gasteiger partial charge in [-0.25, -0.2) is 9.97 Å². The van der Waals surface area contributed by atoms with Gasteiger partial charge in [-0.1, -0.05) is 30.3 Å². The van der Waals surface area contributed by atoms with E-state index in [9.17, 15) is 0 Å². The van der Waals surface area contributed by atoms with Gasteiger partial charge in [-0.05, 0) is 30.9 Å². The van der Waals surface area contributed by atoms with Crippen molar-refractivity contribution >= 4 is 0 Å². The van der Waals surface area contributed by atoms with Gasteiger partial charge in [-0.3, -0.25) is 0 Å².